The summed E-state index contributed by atoms with van der Waals surface area (Å²) in [7, 11) is 0. The van der Waals surface area contributed by atoms with Crippen LogP contribution >= 0.6 is 0 Å². The highest BCUT2D eigenvalue weighted by molar-refractivity contribution is 5.05. The Kier molecular flexibility index (Phi) is 1.39. The smallest absolute Gasteiger partial charge is 0.0576 e. The Balaban J connectivity index is 2.20. The molecule has 1 N–H and O–H groups in total. The molecule has 3 aliphatic rings. The van der Waals surface area contributed by atoms with Crippen LogP contribution < -0.4 is 0 Å². The molecule has 0 aromatic heterocycles. The molecule has 0 aliphatic heterocycles. The van der Waals surface area contributed by atoms with E-state index >= 15 is 0 Å². The maximum atomic E-state index is 9.72. The molecule has 0 saturated heterocycles. The first kappa shape index (κ1) is 7.60. The molecule has 1 heteroatoms. The topological polar surface area (TPSA) is 20.2 Å². The van der Waals surface area contributed by atoms with E-state index in [2.05, 4.69) is 20.8 Å². The largest absolute Gasteiger partial charge is 0.393 e. The van der Waals surface area contributed by atoms with E-state index in [1.807, 2.05) is 0 Å². The molecule has 2 bridgehead atoms. The normalized spacial score (nSPS) is 53.5. The van der Waals surface area contributed by atoms with Gasteiger partial charge in [-0.2, -0.15) is 0 Å². The average molecular weight is 154 g/mol. The molecule has 0 amide bonds. The molecule has 3 rings (SSSR count). The van der Waals surface area contributed by atoms with Crippen LogP contribution in [0.15, 0.2) is 0 Å². The van der Waals surface area contributed by atoms with Crippen molar-refractivity contribution in [1.29, 1.82) is 0 Å². The molecule has 0 aromatic carbocycles. The first-order valence-electron chi connectivity index (χ1n) is 4.71. The molecule has 0 radical (unpaired) electrons. The summed E-state index contributed by atoms with van der Waals surface area (Å²) < 4.78 is 0. The van der Waals surface area contributed by atoms with Gasteiger partial charge in [0.15, 0.2) is 0 Å². The number of aliphatic hydroxyl groups excluding tert-OH is 1. The summed E-state index contributed by atoms with van der Waals surface area (Å²) >= 11 is 0. The van der Waals surface area contributed by atoms with Crippen molar-refractivity contribution in [1.82, 2.24) is 0 Å². The average Bonchev–Trinajstić information content (AvgIpc) is 1.84. The van der Waals surface area contributed by atoms with E-state index in [4.69, 9.17) is 0 Å². The third-order valence-corrected chi connectivity index (χ3v) is 4.18. The molecule has 3 aliphatic carbocycles. The fourth-order valence-corrected chi connectivity index (χ4v) is 3.32. The van der Waals surface area contributed by atoms with Crippen molar-refractivity contribution in [3.05, 3.63) is 0 Å². The number of hydrogen-bond donors (Lipinski definition) is 1. The van der Waals surface area contributed by atoms with Gasteiger partial charge in [0.1, 0.15) is 0 Å². The highest BCUT2D eigenvalue weighted by Crippen LogP contribution is 2.61. The standard InChI is InChI=1S/C10H18O/c1-6-4-9(11)8-5-7(6)10(8,2)3/h6-9,11H,4-5H2,1-3H3/t6-,7-,8-,9+/m0/s1. The summed E-state index contributed by atoms with van der Waals surface area (Å²) in [5.74, 6) is 2.23. The van der Waals surface area contributed by atoms with Crippen LogP contribution in [0.4, 0.5) is 0 Å². The minimum atomic E-state index is -0.00926. The summed E-state index contributed by atoms with van der Waals surface area (Å²) in [6.07, 6.45) is 2.30. The second-order valence-electron chi connectivity index (χ2n) is 5.05. The Labute approximate surface area is 68.8 Å². The van der Waals surface area contributed by atoms with E-state index < -0.39 is 0 Å². The molecular weight excluding hydrogens is 136 g/mol. The van der Waals surface area contributed by atoms with Crippen molar-refractivity contribution in [2.75, 3.05) is 0 Å². The Morgan fingerprint density at radius 1 is 1.18 bits per heavy atom. The van der Waals surface area contributed by atoms with Crippen LogP contribution in [0.5, 0.6) is 0 Å². The van der Waals surface area contributed by atoms with Crippen molar-refractivity contribution in [2.45, 2.75) is 39.7 Å². The lowest BCUT2D eigenvalue weighted by Crippen LogP contribution is -2.57. The Hall–Kier alpha value is -0.0400. The zero-order valence-electron chi connectivity index (χ0n) is 7.67. The summed E-state index contributed by atoms with van der Waals surface area (Å²) in [6, 6.07) is 0. The lowest BCUT2D eigenvalue weighted by molar-refractivity contribution is -0.167. The third kappa shape index (κ3) is 0.807. The molecule has 0 unspecified atom stereocenters. The molecule has 0 heterocycles. The molecular formula is C10H18O. The minimum absolute atomic E-state index is 0.00926. The number of hydrogen-bond acceptors (Lipinski definition) is 1. The van der Waals surface area contributed by atoms with Crippen molar-refractivity contribution in [3.63, 3.8) is 0 Å². The Morgan fingerprint density at radius 3 is 2.18 bits per heavy atom. The van der Waals surface area contributed by atoms with Gasteiger partial charge in [0, 0.05) is 0 Å². The van der Waals surface area contributed by atoms with Crippen LogP contribution in [-0.4, -0.2) is 11.2 Å². The van der Waals surface area contributed by atoms with Crippen LogP contribution in [0.2, 0.25) is 0 Å². The summed E-state index contributed by atoms with van der Waals surface area (Å²) in [5.41, 5.74) is 0.428. The maximum absolute atomic E-state index is 9.72. The van der Waals surface area contributed by atoms with Gasteiger partial charge in [0.25, 0.3) is 0 Å². The fourth-order valence-electron chi connectivity index (χ4n) is 3.32. The highest BCUT2D eigenvalue weighted by Gasteiger charge is 2.56. The van der Waals surface area contributed by atoms with Crippen LogP contribution in [0.3, 0.4) is 0 Å². The van der Waals surface area contributed by atoms with E-state index in [1.54, 1.807) is 0 Å². The molecule has 1 nitrogen and oxygen atoms in total. The minimum Gasteiger partial charge on any atom is -0.393 e. The molecule has 0 aromatic rings. The number of rotatable bonds is 0. The van der Waals surface area contributed by atoms with Gasteiger partial charge in [-0.3, -0.25) is 0 Å². The molecule has 0 spiro atoms. The van der Waals surface area contributed by atoms with E-state index in [9.17, 15) is 5.11 Å². The molecule has 3 fully saturated rings. The highest BCUT2D eigenvalue weighted by atomic mass is 16.3. The maximum Gasteiger partial charge on any atom is 0.0576 e. The monoisotopic (exact) mass is 154 g/mol. The van der Waals surface area contributed by atoms with Crippen LogP contribution in [0.25, 0.3) is 0 Å². The van der Waals surface area contributed by atoms with Gasteiger partial charge >= 0.3 is 0 Å². The van der Waals surface area contributed by atoms with E-state index in [0.29, 0.717) is 11.3 Å². The molecule has 3 saturated carbocycles. The molecule has 64 valence electrons. The zero-order chi connectivity index (χ0) is 8.22. The van der Waals surface area contributed by atoms with Crippen molar-refractivity contribution in [2.24, 2.45) is 23.2 Å². The fraction of sp³-hybridized carbons (Fsp3) is 1.00. The predicted molar refractivity (Wildman–Crippen MR) is 45.2 cm³/mol. The lowest BCUT2D eigenvalue weighted by Gasteiger charge is -2.61. The first-order chi connectivity index (χ1) is 5.03. The summed E-state index contributed by atoms with van der Waals surface area (Å²) in [6.45, 7) is 6.90. The summed E-state index contributed by atoms with van der Waals surface area (Å²) in [4.78, 5) is 0. The number of aliphatic hydroxyl groups is 1. The van der Waals surface area contributed by atoms with Gasteiger partial charge in [-0.25, -0.2) is 0 Å². The third-order valence-electron chi connectivity index (χ3n) is 4.18. The summed E-state index contributed by atoms with van der Waals surface area (Å²) in [5, 5.41) is 9.72. The predicted octanol–water partition coefficient (Wildman–Crippen LogP) is 2.05. The lowest BCUT2D eigenvalue weighted by atomic mass is 9.45. The van der Waals surface area contributed by atoms with Crippen LogP contribution in [-0.2, 0) is 0 Å². The van der Waals surface area contributed by atoms with Crippen molar-refractivity contribution < 1.29 is 5.11 Å². The quantitative estimate of drug-likeness (QED) is 0.566. The van der Waals surface area contributed by atoms with Crippen molar-refractivity contribution in [3.8, 4) is 0 Å². The SMILES string of the molecule is C[C@H]1C[C@@H](O)[C@@H]2C[C@@H]1C2(C)C. The van der Waals surface area contributed by atoms with E-state index in [1.165, 1.54) is 6.42 Å². The Bertz CT molecular complexity index is 158. The first-order valence-corrected chi connectivity index (χ1v) is 4.71. The second-order valence-corrected chi connectivity index (χ2v) is 5.05. The second kappa shape index (κ2) is 2.01. The van der Waals surface area contributed by atoms with E-state index in [-0.39, 0.29) is 6.10 Å². The molecule has 11 heavy (non-hydrogen) atoms. The van der Waals surface area contributed by atoms with Crippen LogP contribution in [0.1, 0.15) is 33.6 Å². The van der Waals surface area contributed by atoms with Gasteiger partial charge in [-0.15, -0.1) is 0 Å². The Morgan fingerprint density at radius 2 is 1.82 bits per heavy atom. The number of fused-ring (bicyclic) bond motifs is 2. The van der Waals surface area contributed by atoms with Gasteiger partial charge < -0.3 is 5.11 Å². The van der Waals surface area contributed by atoms with Crippen molar-refractivity contribution >= 4 is 0 Å². The van der Waals surface area contributed by atoms with Crippen LogP contribution in [0, 0.1) is 23.2 Å². The van der Waals surface area contributed by atoms with Gasteiger partial charge in [-0.1, -0.05) is 20.8 Å². The van der Waals surface area contributed by atoms with Gasteiger partial charge in [0.05, 0.1) is 6.10 Å². The van der Waals surface area contributed by atoms with Gasteiger partial charge in [-0.05, 0) is 36.0 Å². The molecule has 4 atom stereocenters. The van der Waals surface area contributed by atoms with E-state index in [0.717, 1.165) is 18.3 Å². The van der Waals surface area contributed by atoms with Gasteiger partial charge in [0.2, 0.25) is 0 Å². The zero-order valence-corrected chi connectivity index (χ0v) is 7.67.